The number of carbonyl (C=O) groups excluding carboxylic acids is 3. The van der Waals surface area contributed by atoms with Gasteiger partial charge in [-0.1, -0.05) is 38.5 Å². The molecule has 220 valence electrons. The number of para-hydroxylation sites is 1. The first-order valence-electron chi connectivity index (χ1n) is 13.3. The molecule has 0 aliphatic rings. The summed E-state index contributed by atoms with van der Waals surface area (Å²) < 4.78 is 0. The van der Waals surface area contributed by atoms with Crippen molar-refractivity contribution in [3.8, 4) is 0 Å². The van der Waals surface area contributed by atoms with Crippen LogP contribution in [0.25, 0.3) is 10.9 Å². The molecule has 3 amide bonds. The largest absolute Gasteiger partial charge is 0.481 e. The lowest BCUT2D eigenvalue weighted by molar-refractivity contribution is -0.142. The number of carboxylic acid groups (broad SMARTS) is 2. The molecule has 0 aliphatic heterocycles. The van der Waals surface area contributed by atoms with Crippen molar-refractivity contribution in [1.82, 2.24) is 20.9 Å². The van der Waals surface area contributed by atoms with Crippen LogP contribution in [0.2, 0.25) is 0 Å². The Bertz CT molecular complexity index is 1180. The summed E-state index contributed by atoms with van der Waals surface area (Å²) in [6, 6.07) is 2.75. The van der Waals surface area contributed by atoms with Gasteiger partial charge in [0.05, 0.1) is 6.04 Å². The molecule has 13 nitrogen and oxygen atoms in total. The Morgan fingerprint density at radius 3 is 2.20 bits per heavy atom. The van der Waals surface area contributed by atoms with E-state index >= 15 is 0 Å². The lowest BCUT2D eigenvalue weighted by Crippen LogP contribution is -2.58. The van der Waals surface area contributed by atoms with Gasteiger partial charge in [-0.15, -0.1) is 0 Å². The van der Waals surface area contributed by atoms with Gasteiger partial charge < -0.3 is 42.6 Å². The van der Waals surface area contributed by atoms with E-state index < -0.39 is 66.2 Å². The highest BCUT2D eigenvalue weighted by molar-refractivity contribution is 5.94. The number of aromatic amines is 1. The van der Waals surface area contributed by atoms with Gasteiger partial charge in [0, 0.05) is 29.9 Å². The topological polar surface area (TPSA) is 230 Å². The van der Waals surface area contributed by atoms with Crippen LogP contribution in [-0.4, -0.2) is 75.6 Å². The summed E-state index contributed by atoms with van der Waals surface area (Å²) in [6.45, 7) is 3.78. The zero-order chi connectivity index (χ0) is 29.8. The van der Waals surface area contributed by atoms with E-state index in [0.717, 1.165) is 10.9 Å². The van der Waals surface area contributed by atoms with Crippen LogP contribution in [0, 0.1) is 5.92 Å². The number of aromatic nitrogens is 1. The second kappa shape index (κ2) is 15.6. The minimum absolute atomic E-state index is 0.00316. The number of carboxylic acids is 2. The smallest absolute Gasteiger partial charge is 0.326 e. The fraction of sp³-hybridized carbons (Fsp3) is 0.519. The third-order valence-electron chi connectivity index (χ3n) is 6.55. The lowest BCUT2D eigenvalue weighted by Gasteiger charge is -2.27. The van der Waals surface area contributed by atoms with Crippen molar-refractivity contribution in [2.45, 2.75) is 76.5 Å². The predicted molar refractivity (Wildman–Crippen MR) is 148 cm³/mol. The monoisotopic (exact) mass is 560 g/mol. The highest BCUT2D eigenvalue weighted by atomic mass is 16.4. The fourth-order valence-electron chi connectivity index (χ4n) is 4.23. The normalized spacial score (nSPS) is 14.2. The molecule has 0 spiro atoms. The fourth-order valence-corrected chi connectivity index (χ4v) is 4.23. The van der Waals surface area contributed by atoms with Crippen LogP contribution in [0.15, 0.2) is 30.5 Å². The number of amides is 3. The first kappa shape index (κ1) is 32.2. The first-order chi connectivity index (χ1) is 18.9. The number of rotatable bonds is 17. The molecule has 0 saturated carbocycles. The van der Waals surface area contributed by atoms with Crippen molar-refractivity contribution in [3.05, 3.63) is 36.0 Å². The summed E-state index contributed by atoms with van der Waals surface area (Å²) in [5.41, 5.74) is 12.9. The second-order valence-electron chi connectivity index (χ2n) is 10.1. The van der Waals surface area contributed by atoms with Crippen LogP contribution in [0.3, 0.4) is 0 Å². The molecule has 4 atom stereocenters. The Kier molecular flexibility index (Phi) is 12.6. The molecule has 2 aromatic rings. The molecule has 0 bridgehead atoms. The van der Waals surface area contributed by atoms with Crippen LogP contribution in [0.5, 0.6) is 0 Å². The van der Waals surface area contributed by atoms with Crippen LogP contribution >= 0.6 is 0 Å². The number of nitrogens with one attached hydrogen (secondary N) is 4. The van der Waals surface area contributed by atoms with E-state index in [0.29, 0.717) is 31.4 Å². The minimum atomic E-state index is -1.28. The van der Waals surface area contributed by atoms with Crippen molar-refractivity contribution in [2.75, 3.05) is 6.54 Å². The van der Waals surface area contributed by atoms with Crippen molar-refractivity contribution >= 4 is 40.6 Å². The molecule has 0 saturated heterocycles. The van der Waals surface area contributed by atoms with E-state index in [-0.39, 0.29) is 12.8 Å². The summed E-state index contributed by atoms with van der Waals surface area (Å²) in [7, 11) is 0. The summed E-state index contributed by atoms with van der Waals surface area (Å²) in [5, 5.41) is 27.3. The number of benzene rings is 1. The van der Waals surface area contributed by atoms with Gasteiger partial charge in [-0.3, -0.25) is 19.2 Å². The number of aliphatic carboxylic acids is 2. The summed E-state index contributed by atoms with van der Waals surface area (Å²) in [5.74, 6) is -5.00. The third kappa shape index (κ3) is 9.65. The highest BCUT2D eigenvalue weighted by Crippen LogP contribution is 2.19. The van der Waals surface area contributed by atoms with Gasteiger partial charge in [-0.2, -0.15) is 0 Å². The number of hydrogen-bond donors (Lipinski definition) is 8. The molecule has 1 aromatic carbocycles. The summed E-state index contributed by atoms with van der Waals surface area (Å²) >= 11 is 0. The Labute approximate surface area is 232 Å². The number of nitrogens with two attached hydrogens (primary N) is 2. The average Bonchev–Trinajstić information content (AvgIpc) is 3.31. The minimum Gasteiger partial charge on any atom is -0.481 e. The second-order valence-corrected chi connectivity index (χ2v) is 10.1. The molecule has 1 heterocycles. The molecule has 4 unspecified atom stereocenters. The lowest BCUT2D eigenvalue weighted by atomic mass is 10.00. The standard InChI is InChI=1S/C27H40N6O7/c1-15(2)23(26(38)32-21(27(39)40)13-16-14-30-19-9-4-3-7-17(16)19)33-25(37)20(10-11-22(34)35)31-24(36)18(29)8-5-6-12-28/h3-4,7,9,14-15,18,20-21,23,30H,5-6,8,10-13,28-29H2,1-2H3,(H,31,36)(H,32,38)(H,33,37)(H,34,35)(H,39,40). The molecule has 40 heavy (non-hydrogen) atoms. The quantitative estimate of drug-likeness (QED) is 0.124. The van der Waals surface area contributed by atoms with Gasteiger partial charge in [0.2, 0.25) is 17.7 Å². The third-order valence-corrected chi connectivity index (χ3v) is 6.55. The maximum Gasteiger partial charge on any atom is 0.326 e. The molecule has 0 aliphatic carbocycles. The maximum absolute atomic E-state index is 13.2. The van der Waals surface area contributed by atoms with Crippen LogP contribution in [-0.2, 0) is 30.4 Å². The van der Waals surface area contributed by atoms with E-state index in [2.05, 4.69) is 20.9 Å². The maximum atomic E-state index is 13.2. The van der Waals surface area contributed by atoms with Gasteiger partial charge in [-0.25, -0.2) is 4.79 Å². The van der Waals surface area contributed by atoms with E-state index in [1.807, 2.05) is 24.3 Å². The van der Waals surface area contributed by atoms with E-state index in [4.69, 9.17) is 16.6 Å². The van der Waals surface area contributed by atoms with Gasteiger partial charge in [0.1, 0.15) is 18.1 Å². The summed E-state index contributed by atoms with van der Waals surface area (Å²) in [6.07, 6.45) is 2.66. The molecular formula is C27H40N6O7. The van der Waals surface area contributed by atoms with Crippen LogP contribution in [0.1, 0.15) is 51.5 Å². The van der Waals surface area contributed by atoms with Crippen molar-refractivity contribution in [1.29, 1.82) is 0 Å². The Balaban J connectivity index is 2.13. The Morgan fingerprint density at radius 2 is 1.57 bits per heavy atom. The van der Waals surface area contributed by atoms with Gasteiger partial charge in [0.15, 0.2) is 0 Å². The molecular weight excluding hydrogens is 520 g/mol. The van der Waals surface area contributed by atoms with E-state index in [1.165, 1.54) is 0 Å². The first-order valence-corrected chi connectivity index (χ1v) is 13.3. The van der Waals surface area contributed by atoms with Crippen molar-refractivity contribution in [3.63, 3.8) is 0 Å². The zero-order valence-corrected chi connectivity index (χ0v) is 22.8. The number of H-pyrrole nitrogens is 1. The van der Waals surface area contributed by atoms with Crippen molar-refractivity contribution < 1.29 is 34.2 Å². The number of fused-ring (bicyclic) bond motifs is 1. The zero-order valence-electron chi connectivity index (χ0n) is 22.8. The van der Waals surface area contributed by atoms with Gasteiger partial charge in [-0.05, 0) is 43.4 Å². The van der Waals surface area contributed by atoms with Crippen LogP contribution < -0.4 is 27.4 Å². The van der Waals surface area contributed by atoms with Crippen molar-refractivity contribution in [2.24, 2.45) is 17.4 Å². The molecule has 2 rings (SSSR count). The molecule has 13 heteroatoms. The van der Waals surface area contributed by atoms with Crippen LogP contribution in [0.4, 0.5) is 0 Å². The average molecular weight is 561 g/mol. The van der Waals surface area contributed by atoms with E-state index in [9.17, 15) is 29.1 Å². The number of carbonyl (C=O) groups is 5. The molecule has 1 aromatic heterocycles. The van der Waals surface area contributed by atoms with E-state index in [1.54, 1.807) is 20.0 Å². The predicted octanol–water partition coefficient (Wildman–Crippen LogP) is 0.227. The molecule has 0 radical (unpaired) electrons. The SMILES string of the molecule is CC(C)C(NC(=O)C(CCC(=O)O)NC(=O)C(N)CCCCN)C(=O)NC(Cc1c[nH]c2ccccc12)C(=O)O. The highest BCUT2D eigenvalue weighted by Gasteiger charge is 2.32. The number of hydrogen-bond acceptors (Lipinski definition) is 7. The summed E-state index contributed by atoms with van der Waals surface area (Å²) in [4.78, 5) is 65.1. The molecule has 0 fully saturated rings. The Morgan fingerprint density at radius 1 is 0.900 bits per heavy atom. The van der Waals surface area contributed by atoms with Gasteiger partial charge in [0.25, 0.3) is 0 Å². The Hall–Kier alpha value is -3.97. The van der Waals surface area contributed by atoms with Gasteiger partial charge >= 0.3 is 11.9 Å². The number of unbranched alkanes of at least 4 members (excludes halogenated alkanes) is 1. The molecule has 10 N–H and O–H groups in total.